The van der Waals surface area contributed by atoms with Gasteiger partial charge in [-0.05, 0) is 48.9 Å². The van der Waals surface area contributed by atoms with Gasteiger partial charge in [-0.1, -0.05) is 24.3 Å². The molecule has 8 heteroatoms. The first kappa shape index (κ1) is 22.3. The summed E-state index contributed by atoms with van der Waals surface area (Å²) in [6, 6.07) is 18.4. The lowest BCUT2D eigenvalue weighted by Gasteiger charge is -2.37. The number of hydrogen-bond acceptors (Lipinski definition) is 5. The molecule has 0 spiro atoms. The van der Waals surface area contributed by atoms with Gasteiger partial charge in [0, 0.05) is 25.8 Å². The van der Waals surface area contributed by atoms with E-state index in [1.165, 1.54) is 6.26 Å². The summed E-state index contributed by atoms with van der Waals surface area (Å²) in [7, 11) is 1.77. The van der Waals surface area contributed by atoms with E-state index in [4.69, 9.17) is 9.15 Å². The summed E-state index contributed by atoms with van der Waals surface area (Å²) < 4.78 is 11.2. The SMILES string of the molecule is CCN1C[C@H](CN(C)C(=O)NCc2ccc(NC(=O)c3ccco3)cc2)Oc2ccccc21. The number of rotatable bonds is 7. The maximum absolute atomic E-state index is 12.6. The fraction of sp³-hybridized carbons (Fsp3) is 0.280. The van der Waals surface area contributed by atoms with E-state index >= 15 is 0 Å². The summed E-state index contributed by atoms with van der Waals surface area (Å²) in [5.41, 5.74) is 2.67. The molecule has 3 amide bonds. The number of carbonyl (C=O) groups excluding carboxylic acids is 2. The number of para-hydroxylation sites is 2. The minimum atomic E-state index is -0.308. The topological polar surface area (TPSA) is 87.1 Å². The maximum atomic E-state index is 12.6. The molecular formula is C25H28N4O4. The molecule has 1 atom stereocenters. The van der Waals surface area contributed by atoms with Gasteiger partial charge >= 0.3 is 6.03 Å². The lowest BCUT2D eigenvalue weighted by atomic mass is 10.2. The molecule has 0 aliphatic carbocycles. The Labute approximate surface area is 193 Å². The number of nitrogens with zero attached hydrogens (tertiary/aromatic N) is 2. The minimum Gasteiger partial charge on any atom is -0.485 e. The Balaban J connectivity index is 1.26. The molecule has 2 aromatic carbocycles. The summed E-state index contributed by atoms with van der Waals surface area (Å²) in [6.45, 7) is 4.59. The van der Waals surface area contributed by atoms with E-state index in [0.717, 1.165) is 30.1 Å². The summed E-state index contributed by atoms with van der Waals surface area (Å²) in [5.74, 6) is 0.794. The van der Waals surface area contributed by atoms with E-state index in [0.29, 0.717) is 18.8 Å². The van der Waals surface area contributed by atoms with Gasteiger partial charge in [0.2, 0.25) is 0 Å². The quantitative estimate of drug-likeness (QED) is 0.571. The molecule has 0 saturated carbocycles. The van der Waals surface area contributed by atoms with Crippen LogP contribution in [0.3, 0.4) is 0 Å². The van der Waals surface area contributed by atoms with Crippen LogP contribution in [-0.2, 0) is 6.54 Å². The lowest BCUT2D eigenvalue weighted by Crippen LogP contribution is -2.48. The van der Waals surface area contributed by atoms with Crippen molar-refractivity contribution in [3.05, 3.63) is 78.3 Å². The Morgan fingerprint density at radius 1 is 1.09 bits per heavy atom. The largest absolute Gasteiger partial charge is 0.485 e. The zero-order chi connectivity index (χ0) is 23.2. The number of carbonyl (C=O) groups is 2. The van der Waals surface area contributed by atoms with Gasteiger partial charge in [0.1, 0.15) is 11.9 Å². The predicted octanol–water partition coefficient (Wildman–Crippen LogP) is 3.96. The van der Waals surface area contributed by atoms with Crippen molar-refractivity contribution in [2.45, 2.75) is 19.6 Å². The lowest BCUT2D eigenvalue weighted by molar-refractivity contribution is 0.0996. The van der Waals surface area contributed by atoms with Crippen LogP contribution in [0.25, 0.3) is 0 Å². The van der Waals surface area contributed by atoms with Crippen LogP contribution in [0.2, 0.25) is 0 Å². The van der Waals surface area contributed by atoms with Crippen LogP contribution >= 0.6 is 0 Å². The van der Waals surface area contributed by atoms with Crippen LogP contribution in [0.1, 0.15) is 23.0 Å². The molecule has 2 N–H and O–H groups in total. The van der Waals surface area contributed by atoms with Crippen LogP contribution in [0, 0.1) is 0 Å². The number of ether oxygens (including phenoxy) is 1. The van der Waals surface area contributed by atoms with Crippen LogP contribution in [0.4, 0.5) is 16.2 Å². The zero-order valence-corrected chi connectivity index (χ0v) is 18.8. The van der Waals surface area contributed by atoms with E-state index in [1.807, 2.05) is 30.3 Å². The normalized spacial score (nSPS) is 14.7. The Morgan fingerprint density at radius 3 is 2.61 bits per heavy atom. The number of urea groups is 1. The second kappa shape index (κ2) is 10.1. The minimum absolute atomic E-state index is 0.104. The van der Waals surface area contributed by atoms with Crippen LogP contribution in [0.15, 0.2) is 71.3 Å². The number of nitrogens with one attached hydrogen (secondary N) is 2. The van der Waals surface area contributed by atoms with Gasteiger partial charge in [-0.2, -0.15) is 0 Å². The van der Waals surface area contributed by atoms with Gasteiger partial charge in [-0.25, -0.2) is 4.79 Å². The molecule has 0 saturated heterocycles. The third-order valence-corrected chi connectivity index (χ3v) is 5.53. The average Bonchev–Trinajstić information content (AvgIpc) is 3.38. The molecule has 1 aliphatic heterocycles. The number of amides is 3. The fourth-order valence-corrected chi connectivity index (χ4v) is 3.78. The van der Waals surface area contributed by atoms with E-state index in [-0.39, 0.29) is 23.8 Å². The molecule has 4 rings (SSSR count). The highest BCUT2D eigenvalue weighted by molar-refractivity contribution is 6.02. The first-order valence-electron chi connectivity index (χ1n) is 11.0. The van der Waals surface area contributed by atoms with Gasteiger partial charge in [0.25, 0.3) is 5.91 Å². The first-order chi connectivity index (χ1) is 16.0. The van der Waals surface area contributed by atoms with Gasteiger partial charge in [-0.3, -0.25) is 4.79 Å². The number of likely N-dealkylation sites (N-methyl/N-ethyl adjacent to an activating group) is 2. The van der Waals surface area contributed by atoms with E-state index < -0.39 is 0 Å². The number of anilines is 2. The molecule has 0 bridgehead atoms. The molecule has 1 aromatic heterocycles. The van der Waals surface area contributed by atoms with Gasteiger partial charge in [0.15, 0.2) is 5.76 Å². The molecule has 1 aliphatic rings. The third kappa shape index (κ3) is 5.46. The summed E-state index contributed by atoms with van der Waals surface area (Å²) in [5, 5.41) is 5.70. The predicted molar refractivity (Wildman–Crippen MR) is 127 cm³/mol. The van der Waals surface area contributed by atoms with Gasteiger partial charge in [-0.15, -0.1) is 0 Å². The number of benzene rings is 2. The second-order valence-corrected chi connectivity index (χ2v) is 7.91. The summed E-state index contributed by atoms with van der Waals surface area (Å²) in [6.07, 6.45) is 1.35. The van der Waals surface area contributed by atoms with Crippen molar-refractivity contribution >= 4 is 23.3 Å². The maximum Gasteiger partial charge on any atom is 0.317 e. The van der Waals surface area contributed by atoms with Crippen molar-refractivity contribution in [3.63, 3.8) is 0 Å². The fourth-order valence-electron chi connectivity index (χ4n) is 3.78. The summed E-state index contributed by atoms with van der Waals surface area (Å²) >= 11 is 0. The first-order valence-corrected chi connectivity index (χ1v) is 11.0. The molecule has 0 unspecified atom stereocenters. The highest BCUT2D eigenvalue weighted by atomic mass is 16.5. The molecule has 33 heavy (non-hydrogen) atoms. The highest BCUT2D eigenvalue weighted by Crippen LogP contribution is 2.32. The van der Waals surface area contributed by atoms with Crippen molar-refractivity contribution in [2.75, 3.05) is 36.9 Å². The number of hydrogen-bond donors (Lipinski definition) is 2. The van der Waals surface area contributed by atoms with Crippen LogP contribution in [-0.4, -0.2) is 49.6 Å². The van der Waals surface area contributed by atoms with Gasteiger partial charge < -0.3 is 29.6 Å². The Morgan fingerprint density at radius 2 is 1.88 bits per heavy atom. The smallest absolute Gasteiger partial charge is 0.317 e. The molecule has 172 valence electrons. The van der Waals surface area contributed by atoms with E-state index in [1.54, 1.807) is 36.2 Å². The molecule has 0 radical (unpaired) electrons. The van der Waals surface area contributed by atoms with Crippen molar-refractivity contribution in [2.24, 2.45) is 0 Å². The molecular weight excluding hydrogens is 420 g/mol. The monoisotopic (exact) mass is 448 g/mol. The zero-order valence-electron chi connectivity index (χ0n) is 18.8. The standard InChI is InChI=1S/C25H28N4O4/c1-3-29-17-20(33-22-8-5-4-7-21(22)29)16-28(2)25(31)26-15-18-10-12-19(13-11-18)27-24(30)23-9-6-14-32-23/h4-14,20H,3,15-17H2,1-2H3,(H,26,31)(H,27,30)/t20-/m0/s1. The summed E-state index contributed by atoms with van der Waals surface area (Å²) in [4.78, 5) is 28.6. The molecule has 8 nitrogen and oxygen atoms in total. The van der Waals surface area contributed by atoms with E-state index in [2.05, 4.69) is 28.5 Å². The highest BCUT2D eigenvalue weighted by Gasteiger charge is 2.26. The second-order valence-electron chi connectivity index (χ2n) is 7.91. The molecule has 0 fully saturated rings. The van der Waals surface area contributed by atoms with Crippen LogP contribution < -0.4 is 20.3 Å². The van der Waals surface area contributed by atoms with Crippen molar-refractivity contribution < 1.29 is 18.7 Å². The van der Waals surface area contributed by atoms with Crippen molar-refractivity contribution in [1.82, 2.24) is 10.2 Å². The van der Waals surface area contributed by atoms with Crippen molar-refractivity contribution in [3.8, 4) is 5.75 Å². The molecule has 2 heterocycles. The Hall–Kier alpha value is -3.94. The van der Waals surface area contributed by atoms with Crippen molar-refractivity contribution in [1.29, 1.82) is 0 Å². The number of fused-ring (bicyclic) bond motifs is 1. The van der Waals surface area contributed by atoms with E-state index in [9.17, 15) is 9.59 Å². The Bertz CT molecular complexity index is 1080. The molecule has 3 aromatic rings. The van der Waals surface area contributed by atoms with Crippen LogP contribution in [0.5, 0.6) is 5.75 Å². The Kier molecular flexibility index (Phi) is 6.83. The van der Waals surface area contributed by atoms with Gasteiger partial charge in [0.05, 0.1) is 25.0 Å². The average molecular weight is 449 g/mol. The third-order valence-electron chi connectivity index (χ3n) is 5.53. The number of furan rings is 1.